The predicted molar refractivity (Wildman–Crippen MR) is 97.9 cm³/mol. The van der Waals surface area contributed by atoms with Gasteiger partial charge in [0.25, 0.3) is 0 Å². The summed E-state index contributed by atoms with van der Waals surface area (Å²) < 4.78 is 6.26. The lowest BCUT2D eigenvalue weighted by atomic mass is 10.1. The summed E-state index contributed by atoms with van der Waals surface area (Å²) in [6.07, 6.45) is 0.409. The largest absolute Gasteiger partial charge is 0.497 e. The molecule has 0 saturated heterocycles. The van der Waals surface area contributed by atoms with E-state index in [1.165, 1.54) is 4.88 Å². The molecule has 22 heavy (non-hydrogen) atoms. The van der Waals surface area contributed by atoms with Gasteiger partial charge in [0, 0.05) is 22.9 Å². The average molecular weight is 400 g/mol. The van der Waals surface area contributed by atoms with Crippen molar-refractivity contribution in [2.24, 2.45) is 0 Å². The molecule has 0 radical (unpaired) electrons. The smallest absolute Gasteiger partial charge is 0.224 e. The Labute approximate surface area is 147 Å². The van der Waals surface area contributed by atoms with Crippen LogP contribution in [0.3, 0.4) is 0 Å². The number of amides is 1. The van der Waals surface area contributed by atoms with Gasteiger partial charge >= 0.3 is 0 Å². The summed E-state index contributed by atoms with van der Waals surface area (Å²) in [7, 11) is 1.63. The van der Waals surface area contributed by atoms with E-state index in [0.29, 0.717) is 13.0 Å². The van der Waals surface area contributed by atoms with Crippen molar-refractivity contribution >= 4 is 44.9 Å². The summed E-state index contributed by atoms with van der Waals surface area (Å²) in [6.45, 7) is 0.701. The van der Waals surface area contributed by atoms with Gasteiger partial charge in [0.05, 0.1) is 17.3 Å². The van der Waals surface area contributed by atoms with Gasteiger partial charge in [0.15, 0.2) is 0 Å². The second-order valence-electron chi connectivity index (χ2n) is 4.63. The normalized spacial score (nSPS) is 10.5. The van der Waals surface area contributed by atoms with Crippen LogP contribution >= 0.6 is 39.0 Å². The summed E-state index contributed by atoms with van der Waals surface area (Å²) in [5, 5.41) is 2.95. The third-order valence-electron chi connectivity index (χ3n) is 2.97. The summed E-state index contributed by atoms with van der Waals surface area (Å²) in [6, 6.07) is 11.8. The van der Waals surface area contributed by atoms with Crippen molar-refractivity contribution in [2.45, 2.75) is 12.2 Å². The maximum absolute atomic E-state index is 11.8. The Morgan fingerprint density at radius 3 is 2.68 bits per heavy atom. The van der Waals surface area contributed by atoms with Crippen molar-refractivity contribution in [3.63, 3.8) is 0 Å². The molecule has 0 fully saturated rings. The van der Waals surface area contributed by atoms with Gasteiger partial charge in [0.2, 0.25) is 5.91 Å². The third kappa shape index (κ3) is 6.02. The zero-order chi connectivity index (χ0) is 15.8. The first-order valence-corrected chi connectivity index (χ1v) is 9.65. The van der Waals surface area contributed by atoms with Gasteiger partial charge in [-0.3, -0.25) is 4.79 Å². The Balaban J connectivity index is 1.61. The zero-order valence-electron chi connectivity index (χ0n) is 12.3. The van der Waals surface area contributed by atoms with Crippen molar-refractivity contribution in [3.05, 3.63) is 50.6 Å². The van der Waals surface area contributed by atoms with E-state index in [1.54, 1.807) is 18.4 Å². The van der Waals surface area contributed by atoms with E-state index in [9.17, 15) is 4.79 Å². The molecule has 1 heterocycles. The number of hydrogen-bond acceptors (Lipinski definition) is 4. The van der Waals surface area contributed by atoms with E-state index in [-0.39, 0.29) is 5.91 Å². The molecule has 0 aliphatic rings. The number of nitrogens with one attached hydrogen (secondary N) is 1. The highest BCUT2D eigenvalue weighted by Gasteiger charge is 2.03. The number of halogens is 1. The molecule has 0 unspecified atom stereocenters. The molecule has 118 valence electrons. The van der Waals surface area contributed by atoms with Crippen LogP contribution in [-0.4, -0.2) is 25.3 Å². The monoisotopic (exact) mass is 399 g/mol. The second-order valence-corrected chi connectivity index (χ2v) is 8.29. The predicted octanol–water partition coefficient (Wildman–Crippen LogP) is 4.11. The van der Waals surface area contributed by atoms with Crippen LogP contribution in [0.2, 0.25) is 0 Å². The van der Waals surface area contributed by atoms with Gasteiger partial charge < -0.3 is 10.1 Å². The number of carbonyl (C=O) groups is 1. The molecule has 1 aromatic carbocycles. The van der Waals surface area contributed by atoms with Gasteiger partial charge in [0.1, 0.15) is 5.75 Å². The standard InChI is InChI=1S/C16H18BrNO2S2/c1-20-13-4-2-12(3-5-13)10-16(19)18-8-9-21-11-14-6-7-15(17)22-14/h2-7H,8-11H2,1H3,(H,18,19). The topological polar surface area (TPSA) is 38.3 Å². The van der Waals surface area contributed by atoms with Crippen molar-refractivity contribution in [1.82, 2.24) is 5.32 Å². The van der Waals surface area contributed by atoms with Crippen LogP contribution in [0.4, 0.5) is 0 Å². The first-order chi connectivity index (χ1) is 10.7. The Morgan fingerprint density at radius 1 is 1.27 bits per heavy atom. The number of rotatable bonds is 8. The Hall–Kier alpha value is -0.980. The maximum atomic E-state index is 11.8. The average Bonchev–Trinajstić information content (AvgIpc) is 2.93. The zero-order valence-corrected chi connectivity index (χ0v) is 15.5. The molecule has 6 heteroatoms. The molecule has 0 spiro atoms. The van der Waals surface area contributed by atoms with Crippen LogP contribution in [0.15, 0.2) is 40.2 Å². The molecule has 0 saturated carbocycles. The lowest BCUT2D eigenvalue weighted by molar-refractivity contribution is -0.120. The molecular weight excluding hydrogens is 382 g/mol. The maximum Gasteiger partial charge on any atom is 0.224 e. The molecule has 1 N–H and O–H groups in total. The molecular formula is C16H18BrNO2S2. The van der Waals surface area contributed by atoms with E-state index in [2.05, 4.69) is 33.4 Å². The van der Waals surface area contributed by atoms with Gasteiger partial charge in [-0.15, -0.1) is 11.3 Å². The van der Waals surface area contributed by atoms with Crippen molar-refractivity contribution in [2.75, 3.05) is 19.4 Å². The van der Waals surface area contributed by atoms with Crippen LogP contribution in [0.5, 0.6) is 5.75 Å². The lowest BCUT2D eigenvalue weighted by Crippen LogP contribution is -2.27. The van der Waals surface area contributed by atoms with E-state index >= 15 is 0 Å². The number of benzene rings is 1. The number of methoxy groups -OCH3 is 1. The van der Waals surface area contributed by atoms with E-state index in [4.69, 9.17) is 4.74 Å². The van der Waals surface area contributed by atoms with Gasteiger partial charge in [-0.05, 0) is 45.8 Å². The first-order valence-electron chi connectivity index (χ1n) is 6.89. The van der Waals surface area contributed by atoms with Crippen LogP contribution in [0, 0.1) is 0 Å². The van der Waals surface area contributed by atoms with Gasteiger partial charge in [-0.1, -0.05) is 12.1 Å². The number of hydrogen-bond donors (Lipinski definition) is 1. The molecule has 1 aromatic heterocycles. The molecule has 0 aliphatic carbocycles. The fraction of sp³-hybridized carbons (Fsp3) is 0.312. The molecule has 2 aromatic rings. The minimum absolute atomic E-state index is 0.0598. The minimum Gasteiger partial charge on any atom is -0.497 e. The highest BCUT2D eigenvalue weighted by molar-refractivity contribution is 9.11. The van der Waals surface area contributed by atoms with Crippen LogP contribution in [0.25, 0.3) is 0 Å². The fourth-order valence-electron chi connectivity index (χ4n) is 1.86. The van der Waals surface area contributed by atoms with Crippen LogP contribution in [0.1, 0.15) is 10.4 Å². The van der Waals surface area contributed by atoms with Crippen molar-refractivity contribution in [3.8, 4) is 5.75 Å². The SMILES string of the molecule is COc1ccc(CC(=O)NCCSCc2ccc(Br)s2)cc1. The van der Waals surface area contributed by atoms with E-state index in [0.717, 1.165) is 26.6 Å². The number of carbonyl (C=O) groups excluding carboxylic acids is 1. The van der Waals surface area contributed by atoms with Crippen LogP contribution < -0.4 is 10.1 Å². The first kappa shape index (κ1) is 17.4. The van der Waals surface area contributed by atoms with Gasteiger partial charge in [-0.25, -0.2) is 0 Å². The molecule has 2 rings (SSSR count). The Kier molecular flexibility index (Phi) is 7.29. The third-order valence-corrected chi connectivity index (χ3v) is 5.78. The summed E-state index contributed by atoms with van der Waals surface area (Å²) >= 11 is 7.05. The van der Waals surface area contributed by atoms with Crippen molar-refractivity contribution in [1.29, 1.82) is 0 Å². The highest BCUT2D eigenvalue weighted by Crippen LogP contribution is 2.25. The quantitative estimate of drug-likeness (QED) is 0.678. The Bertz CT molecular complexity index is 598. The molecule has 0 atom stereocenters. The molecule has 1 amide bonds. The molecule has 3 nitrogen and oxygen atoms in total. The number of thioether (sulfide) groups is 1. The summed E-state index contributed by atoms with van der Waals surface area (Å²) in [5.41, 5.74) is 0.995. The number of ether oxygens (including phenoxy) is 1. The summed E-state index contributed by atoms with van der Waals surface area (Å²) in [5.74, 6) is 2.78. The highest BCUT2D eigenvalue weighted by atomic mass is 79.9. The number of thiophene rings is 1. The molecule has 0 aliphatic heterocycles. The minimum atomic E-state index is 0.0598. The Morgan fingerprint density at radius 2 is 2.05 bits per heavy atom. The van der Waals surface area contributed by atoms with Crippen LogP contribution in [-0.2, 0) is 17.0 Å². The lowest BCUT2D eigenvalue weighted by Gasteiger charge is -2.06. The van der Waals surface area contributed by atoms with Crippen molar-refractivity contribution < 1.29 is 9.53 Å². The fourth-order valence-corrected chi connectivity index (χ4v) is 4.31. The van der Waals surface area contributed by atoms with Gasteiger partial charge in [-0.2, -0.15) is 11.8 Å². The van der Waals surface area contributed by atoms with E-state index < -0.39 is 0 Å². The molecule has 0 bridgehead atoms. The van der Waals surface area contributed by atoms with E-state index in [1.807, 2.05) is 36.0 Å². The summed E-state index contributed by atoms with van der Waals surface area (Å²) in [4.78, 5) is 13.2. The second kappa shape index (κ2) is 9.22.